The number of aryl methyl sites for hydroxylation is 2. The van der Waals surface area contributed by atoms with Gasteiger partial charge in [-0.15, -0.1) is 0 Å². The van der Waals surface area contributed by atoms with Crippen molar-refractivity contribution >= 4 is 11.7 Å². The molecule has 6 nitrogen and oxygen atoms in total. The Balaban J connectivity index is 1.67. The Kier molecular flexibility index (Phi) is 4.47. The number of nitrogens with zero attached hydrogens (tertiary/aromatic N) is 2. The first-order chi connectivity index (χ1) is 11.9. The third-order valence-corrected chi connectivity index (χ3v) is 5.13. The van der Waals surface area contributed by atoms with E-state index < -0.39 is 17.8 Å². The average molecular weight is 341 g/mol. The Bertz CT molecular complexity index is 807. The first-order valence-electron chi connectivity index (χ1n) is 8.41. The fourth-order valence-corrected chi connectivity index (χ4v) is 3.25. The summed E-state index contributed by atoms with van der Waals surface area (Å²) in [7, 11) is 1.74. The summed E-state index contributed by atoms with van der Waals surface area (Å²) < 4.78 is 1.59. The molecular formula is C19H23N3O3. The molecule has 0 bridgehead atoms. The van der Waals surface area contributed by atoms with Crippen molar-refractivity contribution in [2.75, 3.05) is 6.54 Å². The van der Waals surface area contributed by atoms with Crippen LogP contribution >= 0.6 is 0 Å². The van der Waals surface area contributed by atoms with E-state index in [0.717, 1.165) is 18.4 Å². The molecule has 0 spiro atoms. The number of aliphatic hydroxyl groups excluding tert-OH is 1. The van der Waals surface area contributed by atoms with Crippen LogP contribution in [0.5, 0.6) is 0 Å². The molecule has 2 N–H and O–H groups in total. The zero-order valence-electron chi connectivity index (χ0n) is 14.7. The van der Waals surface area contributed by atoms with Gasteiger partial charge in [0.15, 0.2) is 0 Å². The lowest BCUT2D eigenvalue weighted by Gasteiger charge is -2.23. The molecule has 0 unspecified atom stereocenters. The van der Waals surface area contributed by atoms with Crippen molar-refractivity contribution in [1.29, 1.82) is 0 Å². The highest BCUT2D eigenvalue weighted by atomic mass is 16.3. The lowest BCUT2D eigenvalue weighted by molar-refractivity contribution is -0.117. The van der Waals surface area contributed by atoms with Crippen LogP contribution in [0.3, 0.4) is 0 Å². The lowest BCUT2D eigenvalue weighted by Crippen LogP contribution is -2.37. The molecule has 2 aromatic rings. The van der Waals surface area contributed by atoms with Crippen molar-refractivity contribution in [2.24, 2.45) is 12.5 Å². The summed E-state index contributed by atoms with van der Waals surface area (Å²) in [5, 5.41) is 17.5. The van der Waals surface area contributed by atoms with Crippen LogP contribution in [0.25, 0.3) is 0 Å². The summed E-state index contributed by atoms with van der Waals surface area (Å²) in [6, 6.07) is 9.41. The summed E-state index contributed by atoms with van der Waals surface area (Å²) in [4.78, 5) is 24.8. The van der Waals surface area contributed by atoms with Crippen LogP contribution in [0.2, 0.25) is 0 Å². The van der Waals surface area contributed by atoms with Gasteiger partial charge >= 0.3 is 0 Å². The minimum absolute atomic E-state index is 0.284. The molecular weight excluding hydrogens is 318 g/mol. The molecule has 0 aliphatic heterocycles. The summed E-state index contributed by atoms with van der Waals surface area (Å²) in [5.41, 5.74) is 2.03. The van der Waals surface area contributed by atoms with Crippen molar-refractivity contribution in [3.8, 4) is 0 Å². The molecule has 3 rings (SSSR count). The maximum Gasteiger partial charge on any atom is 0.292 e. The molecule has 1 amide bonds. The van der Waals surface area contributed by atoms with E-state index in [1.807, 2.05) is 30.3 Å². The summed E-state index contributed by atoms with van der Waals surface area (Å²) >= 11 is 0. The maximum atomic E-state index is 12.4. The number of rotatable bonds is 6. The normalized spacial score (nSPS) is 16.3. The number of Topliss-reactive ketones (excluding diaryl/α,β-unsaturated/α-hetero) is 1. The molecule has 1 aromatic carbocycles. The standard InChI is InChI=1S/C19H23N3O3/c1-12-15(13(2)22(3)21-12)16(23)18(25)20-11-19(9-10-19)17(24)14-7-5-4-6-8-14/h4-8,17,24H,9-11H2,1-3H3,(H,20,25)/t17-/m0/s1. The molecule has 1 atom stereocenters. The van der Waals surface area contributed by atoms with Crippen LogP contribution in [0.1, 0.15) is 46.3 Å². The predicted octanol–water partition coefficient (Wildman–Crippen LogP) is 1.85. The number of amides is 1. The second kappa shape index (κ2) is 6.44. The van der Waals surface area contributed by atoms with Gasteiger partial charge in [-0.05, 0) is 32.3 Å². The lowest BCUT2D eigenvalue weighted by atomic mass is 9.92. The van der Waals surface area contributed by atoms with Crippen molar-refractivity contribution in [3.05, 3.63) is 52.8 Å². The van der Waals surface area contributed by atoms with E-state index in [2.05, 4.69) is 10.4 Å². The number of aliphatic hydroxyl groups is 1. The zero-order valence-corrected chi connectivity index (χ0v) is 14.7. The second-order valence-electron chi connectivity index (χ2n) is 6.86. The van der Waals surface area contributed by atoms with Crippen LogP contribution in [0.15, 0.2) is 30.3 Å². The van der Waals surface area contributed by atoms with Gasteiger partial charge in [-0.1, -0.05) is 30.3 Å². The van der Waals surface area contributed by atoms with Crippen LogP contribution < -0.4 is 5.32 Å². The summed E-state index contributed by atoms with van der Waals surface area (Å²) in [5.74, 6) is -1.22. The number of carbonyl (C=O) groups excluding carboxylic acids is 2. The fourth-order valence-electron chi connectivity index (χ4n) is 3.25. The summed E-state index contributed by atoms with van der Waals surface area (Å²) in [6.45, 7) is 3.77. The molecule has 25 heavy (non-hydrogen) atoms. The number of aromatic nitrogens is 2. The van der Waals surface area contributed by atoms with E-state index >= 15 is 0 Å². The van der Waals surface area contributed by atoms with Gasteiger partial charge in [0.2, 0.25) is 0 Å². The van der Waals surface area contributed by atoms with Gasteiger partial charge in [-0.25, -0.2) is 0 Å². The molecule has 0 radical (unpaired) electrons. The zero-order chi connectivity index (χ0) is 18.2. The minimum atomic E-state index is -0.647. The van der Waals surface area contributed by atoms with E-state index in [9.17, 15) is 14.7 Å². The number of hydrogen-bond acceptors (Lipinski definition) is 4. The van der Waals surface area contributed by atoms with E-state index in [0.29, 0.717) is 17.0 Å². The Morgan fingerprint density at radius 2 is 1.92 bits per heavy atom. The second-order valence-corrected chi connectivity index (χ2v) is 6.86. The smallest absolute Gasteiger partial charge is 0.292 e. The monoisotopic (exact) mass is 341 g/mol. The van der Waals surface area contributed by atoms with Crippen LogP contribution in [0, 0.1) is 19.3 Å². The van der Waals surface area contributed by atoms with E-state index in [4.69, 9.17) is 0 Å². The highest BCUT2D eigenvalue weighted by molar-refractivity contribution is 6.43. The Hall–Kier alpha value is -2.47. The molecule has 1 aliphatic carbocycles. The van der Waals surface area contributed by atoms with Crippen LogP contribution in [-0.2, 0) is 11.8 Å². The highest BCUT2D eigenvalue weighted by Crippen LogP contribution is 2.54. The minimum Gasteiger partial charge on any atom is -0.388 e. The van der Waals surface area contributed by atoms with Crippen molar-refractivity contribution in [3.63, 3.8) is 0 Å². The summed E-state index contributed by atoms with van der Waals surface area (Å²) in [6.07, 6.45) is 0.997. The fraction of sp³-hybridized carbons (Fsp3) is 0.421. The molecule has 132 valence electrons. The van der Waals surface area contributed by atoms with Gasteiger partial charge in [0.25, 0.3) is 11.7 Å². The van der Waals surface area contributed by atoms with Crippen molar-refractivity contribution in [2.45, 2.75) is 32.8 Å². The maximum absolute atomic E-state index is 12.4. The molecule has 6 heteroatoms. The molecule has 1 fully saturated rings. The average Bonchev–Trinajstić information content (AvgIpc) is 3.35. The molecule has 0 saturated heterocycles. The third kappa shape index (κ3) is 3.22. The molecule has 1 saturated carbocycles. The quantitative estimate of drug-likeness (QED) is 0.620. The number of nitrogens with one attached hydrogen (secondary N) is 1. The van der Waals surface area contributed by atoms with Crippen molar-refractivity contribution in [1.82, 2.24) is 15.1 Å². The SMILES string of the molecule is Cc1nn(C)c(C)c1C(=O)C(=O)NCC1([C@@H](O)c2ccccc2)CC1. The Morgan fingerprint density at radius 3 is 2.44 bits per heavy atom. The molecule has 1 aromatic heterocycles. The number of ketones is 1. The number of carbonyl (C=O) groups is 2. The van der Waals surface area contributed by atoms with Gasteiger partial charge < -0.3 is 10.4 Å². The highest BCUT2D eigenvalue weighted by Gasteiger charge is 2.49. The van der Waals surface area contributed by atoms with E-state index in [1.165, 1.54) is 0 Å². The Morgan fingerprint density at radius 1 is 1.28 bits per heavy atom. The van der Waals surface area contributed by atoms with Gasteiger partial charge in [-0.3, -0.25) is 14.3 Å². The first-order valence-corrected chi connectivity index (χ1v) is 8.41. The van der Waals surface area contributed by atoms with Gasteiger partial charge in [-0.2, -0.15) is 5.10 Å². The van der Waals surface area contributed by atoms with Crippen LogP contribution in [-0.4, -0.2) is 33.1 Å². The largest absolute Gasteiger partial charge is 0.388 e. The number of benzene rings is 1. The van der Waals surface area contributed by atoms with Crippen LogP contribution in [0.4, 0.5) is 0 Å². The first kappa shape index (κ1) is 17.4. The molecule has 1 heterocycles. The molecule has 1 aliphatic rings. The predicted molar refractivity (Wildman–Crippen MR) is 93.1 cm³/mol. The topological polar surface area (TPSA) is 84.2 Å². The van der Waals surface area contributed by atoms with Gasteiger partial charge in [0.1, 0.15) is 0 Å². The third-order valence-electron chi connectivity index (χ3n) is 5.13. The van der Waals surface area contributed by atoms with E-state index in [1.54, 1.807) is 25.6 Å². The van der Waals surface area contributed by atoms with Gasteiger partial charge in [0.05, 0.1) is 17.4 Å². The van der Waals surface area contributed by atoms with E-state index in [-0.39, 0.29) is 12.0 Å². The Labute approximate surface area is 146 Å². The van der Waals surface area contributed by atoms with Gasteiger partial charge in [0, 0.05) is 24.7 Å². The number of hydrogen-bond donors (Lipinski definition) is 2. The van der Waals surface area contributed by atoms with Crippen molar-refractivity contribution < 1.29 is 14.7 Å².